The van der Waals surface area contributed by atoms with Gasteiger partial charge >= 0.3 is 5.97 Å². The van der Waals surface area contributed by atoms with E-state index >= 15 is 0 Å². The molecule has 0 aromatic rings. The first kappa shape index (κ1) is 20.1. The average Bonchev–Trinajstić information content (AvgIpc) is 2.87. The summed E-state index contributed by atoms with van der Waals surface area (Å²) in [6, 6.07) is 0.281. The van der Waals surface area contributed by atoms with Crippen molar-refractivity contribution in [3.63, 3.8) is 0 Å². The summed E-state index contributed by atoms with van der Waals surface area (Å²) in [5.74, 6) is 0.0500. The fraction of sp³-hybridized carbons (Fsp3) is 0.542. The van der Waals surface area contributed by atoms with E-state index in [1.54, 1.807) is 19.3 Å². The van der Waals surface area contributed by atoms with E-state index in [0.717, 1.165) is 37.3 Å². The second-order valence-corrected chi connectivity index (χ2v) is 8.50. The zero-order valence-electron chi connectivity index (χ0n) is 17.3. The van der Waals surface area contributed by atoms with E-state index in [0.29, 0.717) is 6.61 Å². The van der Waals surface area contributed by atoms with Crippen LogP contribution in [0.5, 0.6) is 0 Å². The predicted octanol–water partition coefficient (Wildman–Crippen LogP) is 4.48. The second-order valence-electron chi connectivity index (χ2n) is 8.50. The highest BCUT2D eigenvalue weighted by atomic mass is 19.1. The largest absolute Gasteiger partial charge is 0.497 e. The molecule has 2 heterocycles. The Morgan fingerprint density at radius 2 is 2.10 bits per heavy atom. The molecule has 29 heavy (non-hydrogen) atoms. The number of allylic oxidation sites excluding steroid dienone is 7. The predicted molar refractivity (Wildman–Crippen MR) is 111 cm³/mol. The van der Waals surface area contributed by atoms with Crippen LogP contribution in [0.2, 0.25) is 0 Å². The number of ether oxygens (including phenoxy) is 2. The van der Waals surface area contributed by atoms with Crippen molar-refractivity contribution in [1.29, 1.82) is 0 Å². The number of rotatable bonds is 2. The van der Waals surface area contributed by atoms with Gasteiger partial charge in [0.1, 0.15) is 23.6 Å². The minimum absolute atomic E-state index is 0.0417. The number of hydrogen-bond acceptors (Lipinski definition) is 4. The summed E-state index contributed by atoms with van der Waals surface area (Å²) >= 11 is 0. The first-order valence-electron chi connectivity index (χ1n) is 10.7. The molecule has 0 aromatic carbocycles. The molecule has 2 aliphatic heterocycles. The van der Waals surface area contributed by atoms with Gasteiger partial charge in [-0.05, 0) is 61.6 Å². The number of halogens is 1. The molecule has 0 bridgehead atoms. The van der Waals surface area contributed by atoms with Gasteiger partial charge in [0.15, 0.2) is 0 Å². The highest BCUT2D eigenvalue weighted by Gasteiger charge is 2.50. The zero-order valence-corrected chi connectivity index (χ0v) is 17.3. The fourth-order valence-corrected chi connectivity index (χ4v) is 5.24. The van der Waals surface area contributed by atoms with Gasteiger partial charge in [-0.15, -0.1) is 0 Å². The van der Waals surface area contributed by atoms with Gasteiger partial charge in [-0.25, -0.2) is 4.39 Å². The van der Waals surface area contributed by atoms with Crippen molar-refractivity contribution in [2.24, 2.45) is 17.3 Å². The Morgan fingerprint density at radius 1 is 1.24 bits per heavy atom. The topological polar surface area (TPSA) is 38.8 Å². The maximum atomic E-state index is 14.2. The molecule has 4 aliphatic rings. The van der Waals surface area contributed by atoms with Crippen LogP contribution in [0.25, 0.3) is 0 Å². The number of nitrogens with zero attached hydrogens (tertiary/aromatic N) is 1. The third-order valence-electron chi connectivity index (χ3n) is 6.87. The highest BCUT2D eigenvalue weighted by Crippen LogP contribution is 2.48. The maximum absolute atomic E-state index is 14.2. The van der Waals surface area contributed by atoms with E-state index < -0.39 is 5.41 Å². The van der Waals surface area contributed by atoms with Crippen LogP contribution in [-0.2, 0) is 14.3 Å². The minimum Gasteiger partial charge on any atom is -0.497 e. The number of methoxy groups -OCH3 is 1. The molecule has 2 unspecified atom stereocenters. The summed E-state index contributed by atoms with van der Waals surface area (Å²) in [4.78, 5) is 16.1. The number of hydrogen-bond donors (Lipinski definition) is 0. The van der Waals surface area contributed by atoms with Gasteiger partial charge < -0.3 is 9.47 Å². The Morgan fingerprint density at radius 3 is 2.90 bits per heavy atom. The summed E-state index contributed by atoms with van der Waals surface area (Å²) in [6.07, 6.45) is 16.5. The Labute approximate surface area is 172 Å². The first-order chi connectivity index (χ1) is 14.0. The molecule has 0 amide bonds. The minimum atomic E-state index is -1.01. The molecule has 4 nitrogen and oxygen atoms in total. The van der Waals surface area contributed by atoms with E-state index in [4.69, 9.17) is 9.47 Å². The molecular formula is C24H30FNO3. The van der Waals surface area contributed by atoms with Gasteiger partial charge in [-0.3, -0.25) is 9.69 Å². The van der Waals surface area contributed by atoms with Crippen molar-refractivity contribution >= 4 is 5.97 Å². The third kappa shape index (κ3) is 3.73. The molecule has 5 heteroatoms. The van der Waals surface area contributed by atoms with E-state index in [9.17, 15) is 9.18 Å². The van der Waals surface area contributed by atoms with Crippen molar-refractivity contribution < 1.29 is 18.7 Å². The molecule has 2 saturated heterocycles. The maximum Gasteiger partial charge on any atom is 0.320 e. The number of piperidine rings is 1. The molecule has 4 rings (SSSR count). The van der Waals surface area contributed by atoms with Crippen LogP contribution >= 0.6 is 0 Å². The number of esters is 1. The normalized spacial score (nSPS) is 35.5. The Bertz CT molecular complexity index is 809. The van der Waals surface area contributed by atoms with Crippen LogP contribution in [0.4, 0.5) is 4.39 Å². The number of carbonyl (C=O) groups excluding carboxylic acids is 1. The molecule has 4 atom stereocenters. The van der Waals surface area contributed by atoms with Crippen molar-refractivity contribution in [3.05, 3.63) is 59.7 Å². The van der Waals surface area contributed by atoms with Crippen molar-refractivity contribution in [2.45, 2.75) is 38.6 Å². The highest BCUT2D eigenvalue weighted by molar-refractivity contribution is 5.85. The molecule has 156 valence electrons. The van der Waals surface area contributed by atoms with Crippen molar-refractivity contribution in [1.82, 2.24) is 4.90 Å². The summed E-state index contributed by atoms with van der Waals surface area (Å²) < 4.78 is 25.6. The lowest BCUT2D eigenvalue weighted by molar-refractivity contribution is -0.155. The van der Waals surface area contributed by atoms with E-state index in [1.165, 1.54) is 25.0 Å². The molecule has 0 spiro atoms. The third-order valence-corrected chi connectivity index (χ3v) is 6.87. The van der Waals surface area contributed by atoms with Gasteiger partial charge in [0, 0.05) is 18.5 Å². The molecule has 0 N–H and O–H groups in total. The Hall–Kier alpha value is -2.14. The van der Waals surface area contributed by atoms with Crippen molar-refractivity contribution in [3.8, 4) is 0 Å². The van der Waals surface area contributed by atoms with E-state index in [2.05, 4.69) is 11.8 Å². The van der Waals surface area contributed by atoms with Crippen LogP contribution in [0.1, 0.15) is 32.6 Å². The lowest BCUT2D eigenvalue weighted by Crippen LogP contribution is -2.44. The summed E-state index contributed by atoms with van der Waals surface area (Å²) in [7, 11) is 1.64. The number of carbonyl (C=O) groups is 1. The fourth-order valence-electron chi connectivity index (χ4n) is 5.24. The molecule has 2 aliphatic carbocycles. The molecular weight excluding hydrogens is 369 g/mol. The zero-order chi connectivity index (χ0) is 20.4. The van der Waals surface area contributed by atoms with Crippen LogP contribution < -0.4 is 0 Å². The van der Waals surface area contributed by atoms with Gasteiger partial charge in [-0.1, -0.05) is 31.6 Å². The molecule has 0 saturated carbocycles. The molecule has 0 radical (unpaired) electrons. The van der Waals surface area contributed by atoms with Gasteiger partial charge in [-0.2, -0.15) is 0 Å². The summed E-state index contributed by atoms with van der Waals surface area (Å²) in [5, 5.41) is 0. The lowest BCUT2D eigenvalue weighted by Gasteiger charge is -2.40. The quantitative estimate of drug-likeness (QED) is 0.642. The Balaban J connectivity index is 1.76. The van der Waals surface area contributed by atoms with Crippen molar-refractivity contribution in [2.75, 3.05) is 26.8 Å². The van der Waals surface area contributed by atoms with Crippen LogP contribution in [0, 0.1) is 17.3 Å². The summed E-state index contributed by atoms with van der Waals surface area (Å²) in [5.41, 5.74) is -0.0848. The number of fused-ring (bicyclic) bond motifs is 2. The van der Waals surface area contributed by atoms with E-state index in [-0.39, 0.29) is 29.7 Å². The second kappa shape index (κ2) is 8.31. The van der Waals surface area contributed by atoms with Crippen LogP contribution in [0.3, 0.4) is 0 Å². The van der Waals surface area contributed by atoms with Gasteiger partial charge in [0.2, 0.25) is 0 Å². The molecule has 0 aromatic heterocycles. The smallest absolute Gasteiger partial charge is 0.320 e. The first-order valence-corrected chi connectivity index (χ1v) is 10.7. The lowest BCUT2D eigenvalue weighted by atomic mass is 9.63. The standard InChI is InChI=1S/C24H30FNO3/c1-17-15-21(28-2)8-9-22(17)24-12-10-19(25)7-6-18(24)11-14-26-13-4-3-5-20(26)16-29-23(24)27/h6-10,12,15,17,20,22H,3-5,11,13-14,16H2,1-2H3/t17?,20-,22?,24+/m0/s1. The molecule has 2 fully saturated rings. The number of cyclic esters (lactones) is 1. The monoisotopic (exact) mass is 399 g/mol. The average molecular weight is 400 g/mol. The van der Waals surface area contributed by atoms with Gasteiger partial charge in [0.05, 0.1) is 7.11 Å². The van der Waals surface area contributed by atoms with Crippen LogP contribution in [0.15, 0.2) is 59.7 Å². The van der Waals surface area contributed by atoms with Gasteiger partial charge in [0.25, 0.3) is 0 Å². The van der Waals surface area contributed by atoms with E-state index in [1.807, 2.05) is 18.2 Å². The Kier molecular flexibility index (Phi) is 5.77. The SMILES string of the molecule is COC1=CC(C)C([C@@]23C=CC(F)=CC=C2CCN2CCCC[C@H]2COC3=O)C=C1. The summed E-state index contributed by atoms with van der Waals surface area (Å²) in [6.45, 7) is 4.37. The van der Waals surface area contributed by atoms with Crippen LogP contribution in [-0.4, -0.2) is 43.7 Å².